The number of rotatable bonds is 7. The Morgan fingerprint density at radius 3 is 2.69 bits per heavy atom. The van der Waals surface area contributed by atoms with Gasteiger partial charge in [-0.15, -0.1) is 0 Å². The number of nitrogens with one attached hydrogen (secondary N) is 1. The van der Waals surface area contributed by atoms with E-state index in [2.05, 4.69) is 12.2 Å². The fraction of sp³-hybridized carbons (Fsp3) is 1.00. The maximum Gasteiger partial charge on any atom is 0.0741 e. The summed E-state index contributed by atoms with van der Waals surface area (Å²) in [7, 11) is 3.53. The minimum Gasteiger partial charge on any atom is -0.383 e. The first-order chi connectivity index (χ1) is 6.31. The Morgan fingerprint density at radius 2 is 2.23 bits per heavy atom. The molecular weight excluding hydrogens is 166 g/mol. The van der Waals surface area contributed by atoms with Crippen LogP contribution in [0.3, 0.4) is 0 Å². The fourth-order valence-corrected chi connectivity index (χ4v) is 1.67. The molecule has 1 rings (SSSR count). The topological polar surface area (TPSA) is 30.5 Å². The average Bonchev–Trinajstić information content (AvgIpc) is 2.84. The molecule has 1 aliphatic carbocycles. The molecule has 0 aromatic heterocycles. The molecule has 0 aromatic carbocycles. The van der Waals surface area contributed by atoms with Crippen LogP contribution in [0.2, 0.25) is 0 Å². The molecule has 3 nitrogen and oxygen atoms in total. The number of hydrogen-bond acceptors (Lipinski definition) is 3. The molecule has 78 valence electrons. The summed E-state index contributed by atoms with van der Waals surface area (Å²) >= 11 is 0. The van der Waals surface area contributed by atoms with Gasteiger partial charge in [0.05, 0.1) is 12.7 Å². The second-order valence-corrected chi connectivity index (χ2v) is 3.72. The van der Waals surface area contributed by atoms with Crippen molar-refractivity contribution in [2.45, 2.75) is 44.4 Å². The SMILES string of the molecule is CCCC(COC)NC1CC1OC. The first kappa shape index (κ1) is 11.0. The van der Waals surface area contributed by atoms with Gasteiger partial charge in [0.15, 0.2) is 0 Å². The molecule has 3 heteroatoms. The Balaban J connectivity index is 2.15. The number of ether oxygens (including phenoxy) is 2. The lowest BCUT2D eigenvalue weighted by Gasteiger charge is -2.16. The zero-order valence-corrected chi connectivity index (χ0v) is 8.88. The van der Waals surface area contributed by atoms with Gasteiger partial charge in [-0.05, 0) is 12.8 Å². The minimum absolute atomic E-state index is 0.441. The predicted octanol–water partition coefficient (Wildman–Crippen LogP) is 1.18. The van der Waals surface area contributed by atoms with Crippen molar-refractivity contribution in [1.29, 1.82) is 0 Å². The quantitative estimate of drug-likeness (QED) is 0.649. The summed E-state index contributed by atoms with van der Waals surface area (Å²) in [5.41, 5.74) is 0. The molecule has 1 fully saturated rings. The van der Waals surface area contributed by atoms with Crippen LogP contribution in [-0.2, 0) is 9.47 Å². The van der Waals surface area contributed by atoms with E-state index in [1.807, 2.05) is 0 Å². The summed E-state index contributed by atoms with van der Waals surface area (Å²) in [6.45, 7) is 3.01. The van der Waals surface area contributed by atoms with Gasteiger partial charge in [0.25, 0.3) is 0 Å². The molecule has 1 saturated carbocycles. The van der Waals surface area contributed by atoms with Crippen LogP contribution in [-0.4, -0.2) is 39.0 Å². The Labute approximate surface area is 80.8 Å². The molecule has 0 aliphatic heterocycles. The van der Waals surface area contributed by atoms with Crippen molar-refractivity contribution in [2.75, 3.05) is 20.8 Å². The summed E-state index contributed by atoms with van der Waals surface area (Å²) in [5.74, 6) is 0. The summed E-state index contributed by atoms with van der Waals surface area (Å²) in [6, 6.07) is 1.07. The second kappa shape index (κ2) is 5.58. The fourth-order valence-electron chi connectivity index (χ4n) is 1.67. The lowest BCUT2D eigenvalue weighted by atomic mass is 10.2. The van der Waals surface area contributed by atoms with Crippen molar-refractivity contribution in [2.24, 2.45) is 0 Å². The van der Waals surface area contributed by atoms with E-state index in [-0.39, 0.29) is 0 Å². The highest BCUT2D eigenvalue weighted by Crippen LogP contribution is 2.25. The van der Waals surface area contributed by atoms with Crippen LogP contribution in [0.5, 0.6) is 0 Å². The number of methoxy groups -OCH3 is 2. The van der Waals surface area contributed by atoms with Crippen LogP contribution < -0.4 is 5.32 Å². The highest BCUT2D eigenvalue weighted by molar-refractivity contribution is 4.96. The molecule has 1 aliphatic rings. The summed E-state index contributed by atoms with van der Waals surface area (Å²) < 4.78 is 10.4. The average molecular weight is 187 g/mol. The van der Waals surface area contributed by atoms with Crippen LogP contribution in [0.4, 0.5) is 0 Å². The molecule has 0 radical (unpaired) electrons. The van der Waals surface area contributed by atoms with E-state index in [1.165, 1.54) is 12.8 Å². The first-order valence-corrected chi connectivity index (χ1v) is 5.09. The van der Waals surface area contributed by atoms with Crippen molar-refractivity contribution < 1.29 is 9.47 Å². The molecule has 0 bridgehead atoms. The van der Waals surface area contributed by atoms with Gasteiger partial charge in [-0.25, -0.2) is 0 Å². The highest BCUT2D eigenvalue weighted by atomic mass is 16.5. The van der Waals surface area contributed by atoms with Crippen molar-refractivity contribution in [1.82, 2.24) is 5.32 Å². The standard InChI is InChI=1S/C10H21NO2/c1-4-5-8(7-12-2)11-9-6-10(9)13-3/h8-11H,4-7H2,1-3H3. The van der Waals surface area contributed by atoms with Crippen molar-refractivity contribution in [3.05, 3.63) is 0 Å². The molecule has 3 atom stereocenters. The van der Waals surface area contributed by atoms with Crippen LogP contribution in [0.25, 0.3) is 0 Å². The first-order valence-electron chi connectivity index (χ1n) is 5.09. The Morgan fingerprint density at radius 1 is 1.46 bits per heavy atom. The summed E-state index contributed by atoms with van der Waals surface area (Å²) in [5, 5.41) is 3.54. The van der Waals surface area contributed by atoms with Gasteiger partial charge < -0.3 is 14.8 Å². The maximum absolute atomic E-state index is 5.23. The zero-order chi connectivity index (χ0) is 9.68. The highest BCUT2D eigenvalue weighted by Gasteiger charge is 2.38. The van der Waals surface area contributed by atoms with Crippen LogP contribution in [0.15, 0.2) is 0 Å². The van der Waals surface area contributed by atoms with Crippen molar-refractivity contribution in [3.8, 4) is 0 Å². The Kier molecular flexibility index (Phi) is 4.70. The second-order valence-electron chi connectivity index (χ2n) is 3.72. The Bertz CT molecular complexity index is 135. The normalized spacial score (nSPS) is 28.8. The maximum atomic E-state index is 5.23. The van der Waals surface area contributed by atoms with E-state index in [0.717, 1.165) is 13.0 Å². The molecule has 0 amide bonds. The minimum atomic E-state index is 0.441. The lowest BCUT2D eigenvalue weighted by molar-refractivity contribution is 0.145. The zero-order valence-electron chi connectivity index (χ0n) is 8.88. The van der Waals surface area contributed by atoms with E-state index >= 15 is 0 Å². The monoisotopic (exact) mass is 187 g/mol. The third kappa shape index (κ3) is 3.63. The number of hydrogen-bond donors (Lipinski definition) is 1. The van der Waals surface area contributed by atoms with Gasteiger partial charge in [-0.3, -0.25) is 0 Å². The molecular formula is C10H21NO2. The molecule has 1 N–H and O–H groups in total. The lowest BCUT2D eigenvalue weighted by Crippen LogP contribution is -2.36. The molecule has 0 spiro atoms. The van der Waals surface area contributed by atoms with Crippen LogP contribution in [0, 0.1) is 0 Å². The predicted molar refractivity (Wildman–Crippen MR) is 52.9 cm³/mol. The van der Waals surface area contributed by atoms with E-state index in [4.69, 9.17) is 9.47 Å². The largest absolute Gasteiger partial charge is 0.383 e. The van der Waals surface area contributed by atoms with E-state index in [1.54, 1.807) is 14.2 Å². The molecule has 0 aromatic rings. The van der Waals surface area contributed by atoms with Gasteiger partial charge in [0, 0.05) is 26.3 Å². The van der Waals surface area contributed by atoms with E-state index in [9.17, 15) is 0 Å². The van der Waals surface area contributed by atoms with E-state index < -0.39 is 0 Å². The van der Waals surface area contributed by atoms with Gasteiger partial charge in [-0.1, -0.05) is 13.3 Å². The van der Waals surface area contributed by atoms with Gasteiger partial charge in [0.1, 0.15) is 0 Å². The van der Waals surface area contributed by atoms with Crippen LogP contribution in [0.1, 0.15) is 26.2 Å². The summed E-state index contributed by atoms with van der Waals surface area (Å²) in [4.78, 5) is 0. The Hall–Kier alpha value is -0.120. The molecule has 0 saturated heterocycles. The van der Waals surface area contributed by atoms with Gasteiger partial charge in [-0.2, -0.15) is 0 Å². The molecule has 3 unspecified atom stereocenters. The third-order valence-corrected chi connectivity index (χ3v) is 2.49. The summed E-state index contributed by atoms with van der Waals surface area (Å²) in [6.07, 6.45) is 3.98. The van der Waals surface area contributed by atoms with Crippen molar-refractivity contribution in [3.63, 3.8) is 0 Å². The van der Waals surface area contributed by atoms with E-state index in [0.29, 0.717) is 18.2 Å². The van der Waals surface area contributed by atoms with Crippen LogP contribution >= 0.6 is 0 Å². The molecule has 0 heterocycles. The van der Waals surface area contributed by atoms with Gasteiger partial charge in [0.2, 0.25) is 0 Å². The van der Waals surface area contributed by atoms with Crippen molar-refractivity contribution >= 4 is 0 Å². The molecule has 13 heavy (non-hydrogen) atoms. The smallest absolute Gasteiger partial charge is 0.0741 e. The third-order valence-electron chi connectivity index (χ3n) is 2.49. The van der Waals surface area contributed by atoms with Gasteiger partial charge >= 0.3 is 0 Å².